The number of nitrogens with zero attached hydrogens (tertiary/aromatic N) is 4. The van der Waals surface area contributed by atoms with Gasteiger partial charge in [-0.1, -0.05) is 35.1 Å². The minimum Gasteiger partial charge on any atom is -0.333 e. The molecule has 0 atom stereocenters. The van der Waals surface area contributed by atoms with Gasteiger partial charge in [0.05, 0.1) is 21.7 Å². The number of fused-ring (bicyclic) bond motifs is 1. The van der Waals surface area contributed by atoms with Gasteiger partial charge in [-0.2, -0.15) is 13.8 Å². The standard InChI is InChI=1S/C15H10F2N4OS2/c16-14(17)21-10-5-2-1-4-9(10)18-15(21)24-8-12-19-13(22-20-12)11-6-3-7-23-11/h1-7,14H,8H2. The average molecular weight is 364 g/mol. The number of alkyl halides is 2. The van der Waals surface area contributed by atoms with Crippen molar-refractivity contribution in [3.05, 3.63) is 47.6 Å². The zero-order valence-electron chi connectivity index (χ0n) is 12.1. The third kappa shape index (κ3) is 2.80. The van der Waals surface area contributed by atoms with Gasteiger partial charge in [0, 0.05) is 0 Å². The number of benzene rings is 1. The summed E-state index contributed by atoms with van der Waals surface area (Å²) in [5, 5.41) is 6.04. The molecule has 0 saturated heterocycles. The summed E-state index contributed by atoms with van der Waals surface area (Å²) in [5.41, 5.74) is 0.940. The maximum atomic E-state index is 13.4. The molecule has 3 heterocycles. The van der Waals surface area contributed by atoms with E-state index in [-0.39, 0.29) is 5.16 Å². The van der Waals surface area contributed by atoms with Gasteiger partial charge in [0.1, 0.15) is 0 Å². The molecule has 0 amide bonds. The van der Waals surface area contributed by atoms with Crippen LogP contribution in [0, 0.1) is 0 Å². The van der Waals surface area contributed by atoms with Gasteiger partial charge in [-0.15, -0.1) is 11.3 Å². The number of para-hydroxylation sites is 2. The van der Waals surface area contributed by atoms with Crippen molar-refractivity contribution in [3.63, 3.8) is 0 Å². The van der Waals surface area contributed by atoms with E-state index in [9.17, 15) is 8.78 Å². The second-order valence-electron chi connectivity index (χ2n) is 4.81. The fourth-order valence-electron chi connectivity index (χ4n) is 2.25. The van der Waals surface area contributed by atoms with E-state index in [1.807, 2.05) is 17.5 Å². The number of thioether (sulfide) groups is 1. The van der Waals surface area contributed by atoms with Crippen LogP contribution in [0.3, 0.4) is 0 Å². The van der Waals surface area contributed by atoms with Crippen molar-refractivity contribution in [1.82, 2.24) is 19.7 Å². The number of rotatable bonds is 5. The molecule has 0 radical (unpaired) electrons. The Kier molecular flexibility index (Phi) is 4.03. The molecule has 24 heavy (non-hydrogen) atoms. The van der Waals surface area contributed by atoms with Gasteiger partial charge in [-0.25, -0.2) is 4.98 Å². The largest absolute Gasteiger partial charge is 0.333 e. The molecule has 0 aliphatic carbocycles. The lowest BCUT2D eigenvalue weighted by Crippen LogP contribution is -2.00. The van der Waals surface area contributed by atoms with Gasteiger partial charge in [-0.05, 0) is 23.6 Å². The number of aromatic nitrogens is 4. The smallest absolute Gasteiger partial charge is 0.321 e. The summed E-state index contributed by atoms with van der Waals surface area (Å²) in [6, 6.07) is 10.6. The van der Waals surface area contributed by atoms with E-state index in [4.69, 9.17) is 4.52 Å². The van der Waals surface area contributed by atoms with Gasteiger partial charge in [0.25, 0.3) is 5.89 Å². The Bertz CT molecular complexity index is 965. The quantitative estimate of drug-likeness (QED) is 0.475. The first-order valence-electron chi connectivity index (χ1n) is 6.97. The summed E-state index contributed by atoms with van der Waals surface area (Å²) in [6.07, 6.45) is 0. The van der Waals surface area contributed by atoms with Crippen LogP contribution in [0.5, 0.6) is 0 Å². The summed E-state index contributed by atoms with van der Waals surface area (Å²) in [5.74, 6) is 1.17. The molecule has 5 nitrogen and oxygen atoms in total. The van der Waals surface area contributed by atoms with Crippen LogP contribution in [0.4, 0.5) is 8.78 Å². The SMILES string of the molecule is FC(F)n1c(SCc2noc(-c3cccs3)n2)nc2ccccc21. The zero-order chi connectivity index (χ0) is 16.5. The van der Waals surface area contributed by atoms with E-state index in [2.05, 4.69) is 15.1 Å². The van der Waals surface area contributed by atoms with Crippen molar-refractivity contribution in [1.29, 1.82) is 0 Å². The summed E-state index contributed by atoms with van der Waals surface area (Å²) in [6.45, 7) is -2.66. The van der Waals surface area contributed by atoms with E-state index in [1.54, 1.807) is 24.3 Å². The van der Waals surface area contributed by atoms with Crippen LogP contribution < -0.4 is 0 Å². The number of hydrogen-bond acceptors (Lipinski definition) is 6. The Morgan fingerprint density at radius 2 is 2.04 bits per heavy atom. The maximum absolute atomic E-state index is 13.4. The van der Waals surface area contributed by atoms with Crippen molar-refractivity contribution in [2.24, 2.45) is 0 Å². The molecule has 122 valence electrons. The summed E-state index contributed by atoms with van der Waals surface area (Å²) in [4.78, 5) is 9.42. The molecule has 4 aromatic rings. The van der Waals surface area contributed by atoms with E-state index in [0.717, 1.165) is 21.2 Å². The molecule has 0 aliphatic heterocycles. The maximum Gasteiger partial charge on any atom is 0.321 e. The van der Waals surface area contributed by atoms with Gasteiger partial charge >= 0.3 is 6.55 Å². The lowest BCUT2D eigenvalue weighted by atomic mass is 10.3. The average Bonchev–Trinajstić information content (AvgIpc) is 3.30. The number of halogens is 2. The Morgan fingerprint density at radius 1 is 1.17 bits per heavy atom. The molecule has 0 unspecified atom stereocenters. The van der Waals surface area contributed by atoms with Crippen LogP contribution in [0.2, 0.25) is 0 Å². The Hall–Kier alpha value is -2.26. The van der Waals surface area contributed by atoms with Crippen LogP contribution >= 0.6 is 23.1 Å². The van der Waals surface area contributed by atoms with Crippen LogP contribution in [0.25, 0.3) is 21.8 Å². The van der Waals surface area contributed by atoms with Crippen LogP contribution in [-0.4, -0.2) is 19.7 Å². The Labute approximate surface area is 143 Å². The Morgan fingerprint density at radius 3 is 2.83 bits per heavy atom. The molecular weight excluding hydrogens is 354 g/mol. The fraction of sp³-hybridized carbons (Fsp3) is 0.133. The minimum atomic E-state index is -2.66. The summed E-state index contributed by atoms with van der Waals surface area (Å²) in [7, 11) is 0. The highest BCUT2D eigenvalue weighted by Crippen LogP contribution is 2.31. The van der Waals surface area contributed by atoms with Crippen molar-refractivity contribution in [2.45, 2.75) is 17.5 Å². The van der Waals surface area contributed by atoms with Gasteiger partial charge < -0.3 is 4.52 Å². The number of hydrogen-bond donors (Lipinski definition) is 0. The first kappa shape index (κ1) is 15.3. The lowest BCUT2D eigenvalue weighted by Gasteiger charge is -2.05. The highest BCUT2D eigenvalue weighted by molar-refractivity contribution is 7.98. The van der Waals surface area contributed by atoms with Gasteiger partial charge in [-0.3, -0.25) is 4.57 Å². The topological polar surface area (TPSA) is 56.7 Å². The minimum absolute atomic E-state index is 0.230. The van der Waals surface area contributed by atoms with Crippen LogP contribution in [0.15, 0.2) is 51.5 Å². The number of thiophene rings is 1. The molecule has 0 bridgehead atoms. The third-order valence-corrected chi connectivity index (χ3v) is 5.10. The van der Waals surface area contributed by atoms with Crippen LogP contribution in [0.1, 0.15) is 12.4 Å². The Balaban J connectivity index is 1.58. The second-order valence-corrected chi connectivity index (χ2v) is 6.70. The monoisotopic (exact) mass is 364 g/mol. The normalized spacial score (nSPS) is 11.6. The van der Waals surface area contributed by atoms with Crippen molar-refractivity contribution in [3.8, 4) is 10.8 Å². The van der Waals surface area contributed by atoms with E-state index < -0.39 is 6.55 Å². The number of imidazole rings is 1. The highest BCUT2D eigenvalue weighted by Gasteiger charge is 2.19. The molecule has 0 N–H and O–H groups in total. The molecule has 3 aromatic heterocycles. The second kappa shape index (κ2) is 6.33. The van der Waals surface area contributed by atoms with E-state index in [0.29, 0.717) is 28.5 Å². The fourth-order valence-corrected chi connectivity index (χ4v) is 3.75. The first-order chi connectivity index (χ1) is 11.7. The first-order valence-corrected chi connectivity index (χ1v) is 8.83. The molecule has 9 heteroatoms. The third-order valence-electron chi connectivity index (χ3n) is 3.29. The summed E-state index contributed by atoms with van der Waals surface area (Å²) < 4.78 is 32.8. The van der Waals surface area contributed by atoms with Crippen LogP contribution in [-0.2, 0) is 5.75 Å². The predicted octanol–water partition coefficient (Wildman–Crippen LogP) is 4.84. The van der Waals surface area contributed by atoms with E-state index >= 15 is 0 Å². The molecule has 0 fully saturated rings. The van der Waals surface area contributed by atoms with Crippen molar-refractivity contribution in [2.75, 3.05) is 0 Å². The molecule has 1 aromatic carbocycles. The summed E-state index contributed by atoms with van der Waals surface area (Å²) >= 11 is 2.65. The highest BCUT2D eigenvalue weighted by atomic mass is 32.2. The predicted molar refractivity (Wildman–Crippen MR) is 88.2 cm³/mol. The molecule has 0 saturated carbocycles. The molecular formula is C15H10F2N4OS2. The van der Waals surface area contributed by atoms with Gasteiger partial charge in [0.2, 0.25) is 0 Å². The lowest BCUT2D eigenvalue weighted by molar-refractivity contribution is 0.0656. The zero-order valence-corrected chi connectivity index (χ0v) is 13.7. The van der Waals surface area contributed by atoms with Crippen molar-refractivity contribution < 1.29 is 13.3 Å². The van der Waals surface area contributed by atoms with Gasteiger partial charge in [0.15, 0.2) is 11.0 Å². The van der Waals surface area contributed by atoms with Crippen molar-refractivity contribution >= 4 is 34.1 Å². The molecule has 4 rings (SSSR count). The molecule has 0 spiro atoms. The molecule has 0 aliphatic rings. The van der Waals surface area contributed by atoms with E-state index in [1.165, 1.54) is 11.3 Å².